The summed E-state index contributed by atoms with van der Waals surface area (Å²) in [5.41, 5.74) is 6.05. The highest BCUT2D eigenvalue weighted by Crippen LogP contribution is 2.35. The summed E-state index contributed by atoms with van der Waals surface area (Å²) in [5, 5.41) is 22.2. The number of hydrogen-bond acceptors (Lipinski definition) is 5. The van der Waals surface area contributed by atoms with Crippen molar-refractivity contribution in [2.24, 2.45) is 0 Å². The molecule has 0 saturated heterocycles. The number of aliphatic hydroxyl groups is 1. The van der Waals surface area contributed by atoms with Gasteiger partial charge in [-0.15, -0.1) is 0 Å². The average Bonchev–Trinajstić information content (AvgIpc) is 2.66. The predicted molar refractivity (Wildman–Crippen MR) is 106 cm³/mol. The number of nitrogens with two attached hydrogens (primary N) is 1. The SMILES string of the molecule is Nc1c(Cl)cc(-c2[nH]c3c(C(=O)NCCO)cccc3c(=O)c2O)cc1Cl. The lowest BCUT2D eigenvalue weighted by molar-refractivity contribution is 0.0946. The second-order valence-corrected chi connectivity index (χ2v) is 6.55. The van der Waals surface area contributed by atoms with E-state index in [-0.39, 0.29) is 51.0 Å². The molecule has 3 rings (SSSR count). The Morgan fingerprint density at radius 3 is 2.52 bits per heavy atom. The first-order chi connectivity index (χ1) is 12.8. The van der Waals surface area contributed by atoms with E-state index in [1.807, 2.05) is 0 Å². The quantitative estimate of drug-likeness (QED) is 0.424. The van der Waals surface area contributed by atoms with Crippen LogP contribution in [0.1, 0.15) is 10.4 Å². The molecule has 0 aliphatic rings. The van der Waals surface area contributed by atoms with Crippen LogP contribution >= 0.6 is 23.2 Å². The van der Waals surface area contributed by atoms with Crippen LogP contribution in [-0.4, -0.2) is 34.3 Å². The van der Waals surface area contributed by atoms with Gasteiger partial charge in [0, 0.05) is 12.1 Å². The lowest BCUT2D eigenvalue weighted by atomic mass is 10.0. The molecule has 0 bridgehead atoms. The Labute approximate surface area is 163 Å². The fraction of sp³-hybridized carbons (Fsp3) is 0.111. The van der Waals surface area contributed by atoms with Gasteiger partial charge in [-0.25, -0.2) is 0 Å². The summed E-state index contributed by atoms with van der Waals surface area (Å²) in [7, 11) is 0. The van der Waals surface area contributed by atoms with Crippen LogP contribution < -0.4 is 16.5 Å². The Morgan fingerprint density at radius 2 is 1.89 bits per heavy atom. The predicted octanol–water partition coefficient (Wildman–Crippen LogP) is 2.51. The van der Waals surface area contributed by atoms with Crippen molar-refractivity contribution >= 4 is 45.7 Å². The zero-order valence-electron chi connectivity index (χ0n) is 13.8. The van der Waals surface area contributed by atoms with E-state index < -0.39 is 17.1 Å². The molecule has 2 aromatic carbocycles. The number of nitrogen functional groups attached to an aromatic ring is 1. The maximum atomic E-state index is 12.6. The Balaban J connectivity index is 2.28. The van der Waals surface area contributed by atoms with Crippen molar-refractivity contribution in [2.75, 3.05) is 18.9 Å². The van der Waals surface area contributed by atoms with Gasteiger partial charge in [-0.05, 0) is 24.3 Å². The van der Waals surface area contributed by atoms with Crippen molar-refractivity contribution in [3.05, 3.63) is 56.2 Å². The van der Waals surface area contributed by atoms with Crippen molar-refractivity contribution in [2.45, 2.75) is 0 Å². The highest BCUT2D eigenvalue weighted by molar-refractivity contribution is 6.39. The van der Waals surface area contributed by atoms with E-state index in [4.69, 9.17) is 34.0 Å². The van der Waals surface area contributed by atoms with E-state index in [9.17, 15) is 14.7 Å². The van der Waals surface area contributed by atoms with Crippen LogP contribution in [0.25, 0.3) is 22.2 Å². The number of pyridine rings is 1. The molecule has 0 aliphatic heterocycles. The number of aromatic nitrogens is 1. The van der Waals surface area contributed by atoms with Crippen molar-refractivity contribution < 1.29 is 15.0 Å². The summed E-state index contributed by atoms with van der Waals surface area (Å²) >= 11 is 12.1. The van der Waals surface area contributed by atoms with Crippen LogP contribution in [0.4, 0.5) is 5.69 Å². The average molecular weight is 408 g/mol. The molecule has 9 heteroatoms. The maximum absolute atomic E-state index is 12.6. The van der Waals surface area contributed by atoms with Gasteiger partial charge in [-0.2, -0.15) is 0 Å². The van der Waals surface area contributed by atoms with Crippen molar-refractivity contribution in [1.82, 2.24) is 10.3 Å². The van der Waals surface area contributed by atoms with E-state index >= 15 is 0 Å². The van der Waals surface area contributed by atoms with Crippen molar-refractivity contribution in [3.63, 3.8) is 0 Å². The lowest BCUT2D eigenvalue weighted by Gasteiger charge is -2.12. The number of hydrogen-bond donors (Lipinski definition) is 5. The minimum atomic E-state index is -0.653. The minimum absolute atomic E-state index is 0.0544. The van der Waals surface area contributed by atoms with Gasteiger partial charge >= 0.3 is 0 Å². The number of para-hydroxylation sites is 1. The van der Waals surface area contributed by atoms with Gasteiger partial charge in [-0.1, -0.05) is 29.3 Å². The van der Waals surface area contributed by atoms with Crippen molar-refractivity contribution in [3.8, 4) is 17.0 Å². The first kappa shape index (κ1) is 19.0. The topological polar surface area (TPSA) is 128 Å². The maximum Gasteiger partial charge on any atom is 0.253 e. The number of carbonyl (C=O) groups excluding carboxylic acids is 1. The van der Waals surface area contributed by atoms with E-state index in [1.165, 1.54) is 30.3 Å². The third-order valence-corrected chi connectivity index (χ3v) is 4.65. The van der Waals surface area contributed by atoms with Crippen LogP contribution in [0.2, 0.25) is 10.0 Å². The Kier molecular flexibility index (Phi) is 5.27. The standard InChI is InChI=1S/C18H15Cl2N3O4/c19-11-6-8(7-12(20)13(11)21)14-17(26)16(25)9-2-1-3-10(15(9)23-14)18(27)22-4-5-24/h1-3,6-7,24,26H,4-5,21H2,(H,22,27)(H,23,25). The van der Waals surface area contributed by atoms with Crippen LogP contribution in [0.3, 0.4) is 0 Å². The van der Waals surface area contributed by atoms with Gasteiger partial charge < -0.3 is 26.2 Å². The molecule has 0 aliphatic carbocycles. The number of benzene rings is 2. The molecule has 0 spiro atoms. The number of amides is 1. The Hall–Kier alpha value is -2.74. The number of H-pyrrole nitrogens is 1. The van der Waals surface area contributed by atoms with Crippen LogP contribution in [0.15, 0.2) is 35.1 Å². The second kappa shape index (κ2) is 7.48. The summed E-state index contributed by atoms with van der Waals surface area (Å²) in [5.74, 6) is -1.01. The molecule has 6 N–H and O–H groups in total. The second-order valence-electron chi connectivity index (χ2n) is 5.74. The van der Waals surface area contributed by atoms with Gasteiger partial charge in [0.25, 0.3) is 5.91 Å². The molecule has 0 radical (unpaired) electrons. The zero-order chi connectivity index (χ0) is 19.7. The van der Waals surface area contributed by atoms with E-state index in [1.54, 1.807) is 0 Å². The summed E-state index contributed by atoms with van der Waals surface area (Å²) in [6.45, 7) is -0.158. The first-order valence-corrected chi connectivity index (χ1v) is 8.62. The highest BCUT2D eigenvalue weighted by Gasteiger charge is 2.18. The fourth-order valence-electron chi connectivity index (χ4n) is 2.69. The third-order valence-electron chi connectivity index (χ3n) is 4.02. The van der Waals surface area contributed by atoms with Gasteiger partial charge in [0.15, 0.2) is 5.75 Å². The Bertz CT molecular complexity index is 1090. The molecule has 1 aromatic heterocycles. The number of rotatable bonds is 4. The van der Waals surface area contributed by atoms with Crippen LogP contribution in [-0.2, 0) is 0 Å². The number of nitrogens with one attached hydrogen (secondary N) is 2. The van der Waals surface area contributed by atoms with E-state index in [2.05, 4.69) is 10.3 Å². The van der Waals surface area contributed by atoms with Gasteiger partial charge in [0.05, 0.1) is 44.5 Å². The molecular weight excluding hydrogens is 393 g/mol. The normalized spacial score (nSPS) is 10.9. The third kappa shape index (κ3) is 3.44. The number of aromatic hydroxyl groups is 1. The summed E-state index contributed by atoms with van der Waals surface area (Å²) in [4.78, 5) is 27.9. The smallest absolute Gasteiger partial charge is 0.253 e. The summed E-state index contributed by atoms with van der Waals surface area (Å²) in [6.07, 6.45) is 0. The fourth-order valence-corrected chi connectivity index (χ4v) is 3.18. The number of anilines is 1. The molecule has 140 valence electrons. The van der Waals surface area contributed by atoms with E-state index in [0.717, 1.165) is 0 Å². The molecule has 1 amide bonds. The van der Waals surface area contributed by atoms with Crippen LogP contribution in [0.5, 0.6) is 5.75 Å². The minimum Gasteiger partial charge on any atom is -0.503 e. The number of carbonyl (C=O) groups is 1. The molecule has 1 heterocycles. The van der Waals surface area contributed by atoms with Gasteiger partial charge in [0.2, 0.25) is 5.43 Å². The molecule has 7 nitrogen and oxygen atoms in total. The molecule has 0 saturated carbocycles. The number of halogens is 2. The van der Waals surface area contributed by atoms with Gasteiger partial charge in [-0.3, -0.25) is 9.59 Å². The monoisotopic (exact) mass is 407 g/mol. The number of aliphatic hydroxyl groups excluding tert-OH is 1. The summed E-state index contributed by atoms with van der Waals surface area (Å²) < 4.78 is 0. The van der Waals surface area contributed by atoms with E-state index in [0.29, 0.717) is 5.56 Å². The molecule has 27 heavy (non-hydrogen) atoms. The number of fused-ring (bicyclic) bond motifs is 1. The molecule has 3 aromatic rings. The highest BCUT2D eigenvalue weighted by atomic mass is 35.5. The first-order valence-electron chi connectivity index (χ1n) is 7.87. The van der Waals surface area contributed by atoms with Gasteiger partial charge in [0.1, 0.15) is 0 Å². The molecule has 0 atom stereocenters. The summed E-state index contributed by atoms with van der Waals surface area (Å²) in [6, 6.07) is 7.45. The van der Waals surface area contributed by atoms with Crippen LogP contribution in [0, 0.1) is 0 Å². The molecular formula is C18H15Cl2N3O4. The molecule has 0 unspecified atom stereocenters. The largest absolute Gasteiger partial charge is 0.503 e. The van der Waals surface area contributed by atoms with Crippen molar-refractivity contribution in [1.29, 1.82) is 0 Å². The zero-order valence-corrected chi connectivity index (χ0v) is 15.4. The number of aromatic amines is 1. The molecule has 0 fully saturated rings. The Morgan fingerprint density at radius 1 is 1.22 bits per heavy atom. The lowest BCUT2D eigenvalue weighted by Crippen LogP contribution is -2.27.